The molecule has 1 unspecified atom stereocenters. The van der Waals surface area contributed by atoms with Gasteiger partial charge in [-0.25, -0.2) is 4.98 Å². The number of aromatic nitrogens is 1. The number of carbonyl (C=O) groups is 1. The number of hydrogen-bond acceptors (Lipinski definition) is 3. The maximum Gasteiger partial charge on any atom is 0.254 e. The van der Waals surface area contributed by atoms with Crippen LogP contribution in [0.5, 0.6) is 0 Å². The van der Waals surface area contributed by atoms with Gasteiger partial charge in [-0.2, -0.15) is 0 Å². The number of carbonyl (C=O) groups excluding carboxylic acids is 1. The molecule has 1 aliphatic heterocycles. The predicted octanol–water partition coefficient (Wildman–Crippen LogP) is 3.29. The molecule has 0 saturated carbocycles. The summed E-state index contributed by atoms with van der Waals surface area (Å²) >= 11 is 0. The molecule has 1 atom stereocenters. The topological polar surface area (TPSA) is 45.2 Å². The van der Waals surface area contributed by atoms with Crippen molar-refractivity contribution in [1.29, 1.82) is 0 Å². The van der Waals surface area contributed by atoms with Crippen LogP contribution >= 0.6 is 0 Å². The number of amides is 1. The van der Waals surface area contributed by atoms with Crippen LogP contribution in [0, 0.1) is 0 Å². The van der Waals surface area contributed by atoms with Crippen molar-refractivity contribution in [2.75, 3.05) is 18.4 Å². The summed E-state index contributed by atoms with van der Waals surface area (Å²) in [6.07, 6.45) is 2.19. The number of anilines is 1. The minimum atomic E-state index is 0.123. The highest BCUT2D eigenvalue weighted by molar-refractivity contribution is 6.07. The minimum Gasteiger partial charge on any atom is -0.370 e. The number of nitrogens with zero attached hydrogens (tertiary/aromatic N) is 2. The van der Waals surface area contributed by atoms with Crippen molar-refractivity contribution in [3.05, 3.63) is 35.9 Å². The Balaban J connectivity index is 2.09. The molecule has 1 aromatic carbocycles. The fraction of sp³-hybridized carbons (Fsp3) is 0.412. The Labute approximate surface area is 125 Å². The van der Waals surface area contributed by atoms with Crippen LogP contribution in [-0.4, -0.2) is 34.9 Å². The first kappa shape index (κ1) is 13.9. The van der Waals surface area contributed by atoms with E-state index in [0.717, 1.165) is 48.2 Å². The van der Waals surface area contributed by atoms with Gasteiger partial charge in [-0.15, -0.1) is 0 Å². The lowest BCUT2D eigenvalue weighted by Gasteiger charge is -2.22. The lowest BCUT2D eigenvalue weighted by Crippen LogP contribution is -2.33. The van der Waals surface area contributed by atoms with Gasteiger partial charge in [0.25, 0.3) is 5.91 Å². The highest BCUT2D eigenvalue weighted by atomic mass is 16.2. The number of pyridine rings is 1. The van der Waals surface area contributed by atoms with Crippen molar-refractivity contribution < 1.29 is 4.79 Å². The third-order valence-corrected chi connectivity index (χ3v) is 4.12. The van der Waals surface area contributed by atoms with E-state index in [-0.39, 0.29) is 5.91 Å². The second-order valence-electron chi connectivity index (χ2n) is 5.59. The number of benzene rings is 1. The number of hydrogen-bond donors (Lipinski definition) is 1. The van der Waals surface area contributed by atoms with Crippen LogP contribution in [0.4, 0.5) is 5.82 Å². The van der Waals surface area contributed by atoms with Gasteiger partial charge in [0.15, 0.2) is 0 Å². The summed E-state index contributed by atoms with van der Waals surface area (Å²) in [5, 5.41) is 4.15. The van der Waals surface area contributed by atoms with Crippen LogP contribution in [0.3, 0.4) is 0 Å². The van der Waals surface area contributed by atoms with Crippen molar-refractivity contribution in [1.82, 2.24) is 9.88 Å². The molecule has 2 aromatic rings. The number of likely N-dealkylation sites (tertiary alicyclic amines) is 1. The van der Waals surface area contributed by atoms with Gasteiger partial charge >= 0.3 is 0 Å². The molecule has 21 heavy (non-hydrogen) atoms. The molecule has 0 spiro atoms. The average Bonchev–Trinajstić information content (AvgIpc) is 2.92. The van der Waals surface area contributed by atoms with E-state index in [9.17, 15) is 4.79 Å². The van der Waals surface area contributed by atoms with E-state index in [1.165, 1.54) is 0 Å². The lowest BCUT2D eigenvalue weighted by atomic mass is 10.1. The van der Waals surface area contributed by atoms with Gasteiger partial charge in [0.05, 0.1) is 11.1 Å². The Hall–Kier alpha value is -2.10. The molecule has 3 rings (SSSR count). The number of fused-ring (bicyclic) bond motifs is 1. The monoisotopic (exact) mass is 283 g/mol. The number of rotatable bonds is 3. The maximum absolute atomic E-state index is 12.9. The van der Waals surface area contributed by atoms with Gasteiger partial charge in [-0.3, -0.25) is 4.79 Å². The fourth-order valence-electron chi connectivity index (χ4n) is 3.01. The van der Waals surface area contributed by atoms with Crippen molar-refractivity contribution in [3.8, 4) is 0 Å². The van der Waals surface area contributed by atoms with Crippen LogP contribution in [0.1, 0.15) is 37.0 Å². The van der Waals surface area contributed by atoms with Crippen LogP contribution in [0.2, 0.25) is 0 Å². The zero-order valence-corrected chi connectivity index (χ0v) is 12.6. The van der Waals surface area contributed by atoms with Crippen molar-refractivity contribution in [2.45, 2.75) is 32.7 Å². The summed E-state index contributed by atoms with van der Waals surface area (Å²) in [6, 6.07) is 10.1. The van der Waals surface area contributed by atoms with Crippen LogP contribution in [-0.2, 0) is 0 Å². The third-order valence-electron chi connectivity index (χ3n) is 4.12. The van der Waals surface area contributed by atoms with Crippen molar-refractivity contribution in [2.24, 2.45) is 0 Å². The Morgan fingerprint density at radius 1 is 1.43 bits per heavy atom. The normalized spacial score (nSPS) is 18.2. The molecule has 0 radical (unpaired) electrons. The minimum absolute atomic E-state index is 0.123. The summed E-state index contributed by atoms with van der Waals surface area (Å²) in [5.41, 5.74) is 1.62. The van der Waals surface area contributed by atoms with Gasteiger partial charge in [-0.1, -0.05) is 18.2 Å². The van der Waals surface area contributed by atoms with Crippen LogP contribution < -0.4 is 5.32 Å². The van der Waals surface area contributed by atoms with Gasteiger partial charge in [0.2, 0.25) is 0 Å². The molecular weight excluding hydrogens is 262 g/mol. The molecule has 1 aromatic heterocycles. The molecule has 1 N–H and O–H groups in total. The Kier molecular flexibility index (Phi) is 3.78. The quantitative estimate of drug-likeness (QED) is 0.940. The smallest absolute Gasteiger partial charge is 0.254 e. The Bertz CT molecular complexity index is 668. The fourth-order valence-corrected chi connectivity index (χ4v) is 3.01. The standard InChI is InChI=1S/C17H21N3O/c1-3-18-16-11-14(13-8-4-5-9-15(13)19-16)17(21)20-10-6-7-12(20)2/h4-5,8-9,11-12H,3,6-7,10H2,1-2H3,(H,18,19). The summed E-state index contributed by atoms with van der Waals surface area (Å²) < 4.78 is 0. The van der Waals surface area contributed by atoms with E-state index >= 15 is 0 Å². The largest absolute Gasteiger partial charge is 0.370 e. The predicted molar refractivity (Wildman–Crippen MR) is 85.6 cm³/mol. The third kappa shape index (κ3) is 2.58. The highest BCUT2D eigenvalue weighted by Crippen LogP contribution is 2.25. The molecule has 0 bridgehead atoms. The zero-order valence-electron chi connectivity index (χ0n) is 12.6. The van der Waals surface area contributed by atoms with Gasteiger partial charge in [-0.05, 0) is 38.8 Å². The summed E-state index contributed by atoms with van der Waals surface area (Å²) in [7, 11) is 0. The number of nitrogens with one attached hydrogen (secondary N) is 1. The summed E-state index contributed by atoms with van der Waals surface area (Å²) in [6.45, 7) is 5.80. The van der Waals surface area contributed by atoms with Gasteiger partial charge in [0.1, 0.15) is 5.82 Å². The maximum atomic E-state index is 12.9. The molecule has 2 heterocycles. The average molecular weight is 283 g/mol. The second kappa shape index (κ2) is 5.72. The van der Waals surface area contributed by atoms with E-state index in [1.54, 1.807) is 0 Å². The second-order valence-corrected chi connectivity index (χ2v) is 5.59. The molecule has 1 saturated heterocycles. The molecular formula is C17H21N3O. The first-order valence-corrected chi connectivity index (χ1v) is 7.65. The van der Waals surface area contributed by atoms with Gasteiger partial charge < -0.3 is 10.2 Å². The highest BCUT2D eigenvalue weighted by Gasteiger charge is 2.27. The van der Waals surface area contributed by atoms with E-state index in [1.807, 2.05) is 42.2 Å². The van der Waals surface area contributed by atoms with Gasteiger partial charge in [0, 0.05) is 24.5 Å². The Morgan fingerprint density at radius 2 is 2.24 bits per heavy atom. The van der Waals surface area contributed by atoms with Crippen LogP contribution in [0.25, 0.3) is 10.9 Å². The van der Waals surface area contributed by atoms with E-state index in [2.05, 4.69) is 17.2 Å². The molecule has 1 fully saturated rings. The SMILES string of the molecule is CCNc1cc(C(=O)N2CCCC2C)c2ccccc2n1. The first-order valence-electron chi connectivity index (χ1n) is 7.65. The van der Waals surface area contributed by atoms with Crippen molar-refractivity contribution in [3.63, 3.8) is 0 Å². The van der Waals surface area contributed by atoms with E-state index in [0.29, 0.717) is 6.04 Å². The molecule has 1 aliphatic rings. The molecule has 110 valence electrons. The zero-order chi connectivity index (χ0) is 14.8. The molecule has 4 heteroatoms. The van der Waals surface area contributed by atoms with E-state index < -0.39 is 0 Å². The van der Waals surface area contributed by atoms with Crippen molar-refractivity contribution >= 4 is 22.6 Å². The molecule has 1 amide bonds. The number of para-hydroxylation sites is 1. The molecule has 0 aliphatic carbocycles. The lowest BCUT2D eigenvalue weighted by molar-refractivity contribution is 0.0749. The Morgan fingerprint density at radius 3 is 2.95 bits per heavy atom. The van der Waals surface area contributed by atoms with Crippen LogP contribution in [0.15, 0.2) is 30.3 Å². The molecule has 4 nitrogen and oxygen atoms in total. The summed E-state index contributed by atoms with van der Waals surface area (Å²) in [4.78, 5) is 19.5. The first-order chi connectivity index (χ1) is 10.2. The summed E-state index contributed by atoms with van der Waals surface area (Å²) in [5.74, 6) is 0.893. The van der Waals surface area contributed by atoms with E-state index in [4.69, 9.17) is 0 Å².